The number of carbonyl (C=O) groups is 2. The number of hydrogen-bond donors (Lipinski definition) is 1. The summed E-state index contributed by atoms with van der Waals surface area (Å²) in [5, 5.41) is 2.89. The molecule has 2 amide bonds. The number of carbonyl (C=O) groups excluding carboxylic acids is 2. The van der Waals surface area contributed by atoms with Crippen molar-refractivity contribution >= 4 is 11.8 Å². The minimum atomic E-state index is -0.377. The zero-order valence-electron chi connectivity index (χ0n) is 15.2. The van der Waals surface area contributed by atoms with Gasteiger partial charge in [0.25, 0.3) is 5.91 Å². The molecule has 0 aromatic heterocycles. The summed E-state index contributed by atoms with van der Waals surface area (Å²) < 4.78 is 26.3. The first-order valence-electron chi connectivity index (χ1n) is 9.01. The first kappa shape index (κ1) is 19.0. The van der Waals surface area contributed by atoms with Crippen molar-refractivity contribution in [1.29, 1.82) is 0 Å². The van der Waals surface area contributed by atoms with Crippen molar-refractivity contribution in [2.24, 2.45) is 5.92 Å². The second-order valence-corrected chi connectivity index (χ2v) is 6.87. The summed E-state index contributed by atoms with van der Waals surface area (Å²) in [6.07, 6.45) is 1.17. The molecular formula is C21H22F2N2O2. The second kappa shape index (κ2) is 8.29. The lowest BCUT2D eigenvalue weighted by Gasteiger charge is -2.31. The number of hydrogen-bond acceptors (Lipinski definition) is 2. The van der Waals surface area contributed by atoms with Gasteiger partial charge in [-0.25, -0.2) is 8.78 Å². The summed E-state index contributed by atoms with van der Waals surface area (Å²) in [7, 11) is 0. The van der Waals surface area contributed by atoms with E-state index < -0.39 is 0 Å². The fraction of sp³-hybridized carbons (Fsp3) is 0.333. The molecule has 0 saturated carbocycles. The zero-order chi connectivity index (χ0) is 19.4. The molecule has 2 aromatic carbocycles. The fourth-order valence-electron chi connectivity index (χ4n) is 3.27. The van der Waals surface area contributed by atoms with Crippen LogP contribution in [-0.2, 0) is 11.3 Å². The van der Waals surface area contributed by atoms with E-state index in [0.717, 1.165) is 5.56 Å². The maximum Gasteiger partial charge on any atom is 0.253 e. The fourth-order valence-corrected chi connectivity index (χ4v) is 3.27. The highest BCUT2D eigenvalue weighted by Crippen LogP contribution is 2.20. The van der Waals surface area contributed by atoms with Crippen molar-refractivity contribution in [1.82, 2.24) is 10.2 Å². The van der Waals surface area contributed by atoms with E-state index in [1.54, 1.807) is 24.0 Å². The molecule has 2 aromatic rings. The van der Waals surface area contributed by atoms with Gasteiger partial charge in [-0.2, -0.15) is 0 Å². The molecule has 6 heteroatoms. The van der Waals surface area contributed by atoms with Crippen LogP contribution < -0.4 is 5.32 Å². The summed E-state index contributed by atoms with van der Waals surface area (Å²) in [5.41, 5.74) is 1.85. The van der Waals surface area contributed by atoms with Crippen LogP contribution in [0, 0.1) is 24.5 Å². The van der Waals surface area contributed by atoms with Crippen LogP contribution in [0.5, 0.6) is 0 Å². The number of benzene rings is 2. The SMILES string of the molecule is Cc1cc(CNC(=O)C2CCN(C(=O)c3ccc(F)cc3)CC2)ccc1F. The van der Waals surface area contributed by atoms with E-state index in [1.165, 1.54) is 30.3 Å². The number of nitrogens with one attached hydrogen (secondary N) is 1. The van der Waals surface area contributed by atoms with E-state index in [-0.39, 0.29) is 29.4 Å². The molecule has 3 rings (SSSR count). The van der Waals surface area contributed by atoms with Gasteiger partial charge in [0.2, 0.25) is 5.91 Å². The van der Waals surface area contributed by atoms with Crippen molar-refractivity contribution < 1.29 is 18.4 Å². The summed E-state index contributed by atoms with van der Waals surface area (Å²) in [6, 6.07) is 10.3. The van der Waals surface area contributed by atoms with Gasteiger partial charge in [0.15, 0.2) is 0 Å². The highest BCUT2D eigenvalue weighted by atomic mass is 19.1. The first-order chi connectivity index (χ1) is 12.9. The number of piperidine rings is 1. The predicted molar refractivity (Wildman–Crippen MR) is 98.0 cm³/mol. The molecule has 0 aliphatic carbocycles. The van der Waals surface area contributed by atoms with E-state index in [0.29, 0.717) is 43.6 Å². The minimum absolute atomic E-state index is 0.0501. The van der Waals surface area contributed by atoms with Gasteiger partial charge in [-0.15, -0.1) is 0 Å². The molecule has 0 atom stereocenters. The Labute approximate surface area is 157 Å². The summed E-state index contributed by atoms with van der Waals surface area (Å²) in [5.74, 6) is -0.980. The molecule has 1 fully saturated rings. The Morgan fingerprint density at radius 3 is 2.37 bits per heavy atom. The highest BCUT2D eigenvalue weighted by molar-refractivity contribution is 5.94. The van der Waals surface area contributed by atoms with E-state index >= 15 is 0 Å². The maximum absolute atomic E-state index is 13.3. The summed E-state index contributed by atoms with van der Waals surface area (Å²) in [6.45, 7) is 3.02. The van der Waals surface area contributed by atoms with Crippen molar-refractivity contribution in [2.75, 3.05) is 13.1 Å². The second-order valence-electron chi connectivity index (χ2n) is 6.87. The Bertz CT molecular complexity index is 829. The topological polar surface area (TPSA) is 49.4 Å². The highest BCUT2D eigenvalue weighted by Gasteiger charge is 2.27. The maximum atomic E-state index is 13.3. The van der Waals surface area contributed by atoms with Gasteiger partial charge in [-0.1, -0.05) is 12.1 Å². The smallest absolute Gasteiger partial charge is 0.253 e. The third-order valence-corrected chi connectivity index (χ3v) is 4.93. The number of likely N-dealkylation sites (tertiary alicyclic amines) is 1. The minimum Gasteiger partial charge on any atom is -0.352 e. The van der Waals surface area contributed by atoms with Gasteiger partial charge in [-0.05, 0) is 61.2 Å². The molecular weight excluding hydrogens is 350 g/mol. The molecule has 1 aliphatic heterocycles. The average Bonchev–Trinajstić information content (AvgIpc) is 2.69. The van der Waals surface area contributed by atoms with Gasteiger partial charge >= 0.3 is 0 Å². The normalized spacial score (nSPS) is 14.9. The van der Waals surface area contributed by atoms with Crippen LogP contribution in [0.4, 0.5) is 8.78 Å². The summed E-state index contributed by atoms with van der Waals surface area (Å²) >= 11 is 0. The Morgan fingerprint density at radius 2 is 1.74 bits per heavy atom. The van der Waals surface area contributed by atoms with Crippen LogP contribution in [0.25, 0.3) is 0 Å². The van der Waals surface area contributed by atoms with Crippen molar-refractivity contribution in [2.45, 2.75) is 26.3 Å². The number of amides is 2. The van der Waals surface area contributed by atoms with Gasteiger partial charge < -0.3 is 10.2 Å². The summed E-state index contributed by atoms with van der Waals surface area (Å²) in [4.78, 5) is 26.5. The van der Waals surface area contributed by atoms with Crippen LogP contribution >= 0.6 is 0 Å². The molecule has 27 heavy (non-hydrogen) atoms. The number of rotatable bonds is 4. The standard InChI is InChI=1S/C21H22F2N2O2/c1-14-12-15(2-7-19(14)23)13-24-20(26)16-8-10-25(11-9-16)21(27)17-3-5-18(22)6-4-17/h2-7,12,16H,8-11,13H2,1H3,(H,24,26). The lowest BCUT2D eigenvalue weighted by Crippen LogP contribution is -2.42. The molecule has 4 nitrogen and oxygen atoms in total. The zero-order valence-corrected chi connectivity index (χ0v) is 15.2. The van der Waals surface area contributed by atoms with Crippen molar-refractivity contribution in [3.8, 4) is 0 Å². The van der Waals surface area contributed by atoms with Crippen molar-refractivity contribution in [3.05, 3.63) is 70.8 Å². The Kier molecular flexibility index (Phi) is 5.84. The van der Waals surface area contributed by atoms with Crippen LogP contribution in [0.2, 0.25) is 0 Å². The van der Waals surface area contributed by atoms with E-state index in [4.69, 9.17) is 0 Å². The van der Waals surface area contributed by atoms with E-state index in [9.17, 15) is 18.4 Å². The molecule has 0 unspecified atom stereocenters. The molecule has 142 valence electrons. The lowest BCUT2D eigenvalue weighted by molar-refractivity contribution is -0.126. The van der Waals surface area contributed by atoms with E-state index in [2.05, 4.69) is 5.32 Å². The Morgan fingerprint density at radius 1 is 1.07 bits per heavy atom. The van der Waals surface area contributed by atoms with Gasteiger partial charge in [-0.3, -0.25) is 9.59 Å². The molecule has 1 saturated heterocycles. The first-order valence-corrected chi connectivity index (χ1v) is 9.01. The molecule has 1 aliphatic rings. The molecule has 0 spiro atoms. The largest absolute Gasteiger partial charge is 0.352 e. The number of aryl methyl sites for hydroxylation is 1. The van der Waals surface area contributed by atoms with E-state index in [1.807, 2.05) is 0 Å². The average molecular weight is 372 g/mol. The molecule has 1 N–H and O–H groups in total. The Hall–Kier alpha value is -2.76. The van der Waals surface area contributed by atoms with Crippen LogP contribution in [0.3, 0.4) is 0 Å². The van der Waals surface area contributed by atoms with Crippen molar-refractivity contribution in [3.63, 3.8) is 0 Å². The predicted octanol–water partition coefficient (Wildman–Crippen LogP) is 3.44. The van der Waals surface area contributed by atoms with Crippen LogP contribution in [0.1, 0.15) is 34.3 Å². The molecule has 1 heterocycles. The third kappa shape index (κ3) is 4.70. The molecule has 0 radical (unpaired) electrons. The third-order valence-electron chi connectivity index (χ3n) is 4.93. The Balaban J connectivity index is 1.49. The lowest BCUT2D eigenvalue weighted by atomic mass is 9.95. The quantitative estimate of drug-likeness (QED) is 0.894. The van der Waals surface area contributed by atoms with Crippen LogP contribution in [0.15, 0.2) is 42.5 Å². The van der Waals surface area contributed by atoms with Crippen LogP contribution in [-0.4, -0.2) is 29.8 Å². The van der Waals surface area contributed by atoms with Gasteiger partial charge in [0.05, 0.1) is 0 Å². The van der Waals surface area contributed by atoms with Gasteiger partial charge in [0.1, 0.15) is 11.6 Å². The molecule has 0 bridgehead atoms. The monoisotopic (exact) mass is 372 g/mol. The van der Waals surface area contributed by atoms with Gasteiger partial charge in [0, 0.05) is 31.1 Å². The number of halogens is 2. The number of nitrogens with zero attached hydrogens (tertiary/aromatic N) is 1.